The van der Waals surface area contributed by atoms with Crippen LogP contribution in [0.1, 0.15) is 16.8 Å². The van der Waals surface area contributed by atoms with Gasteiger partial charge in [-0.05, 0) is 30.7 Å². The van der Waals surface area contributed by atoms with Gasteiger partial charge in [0.25, 0.3) is 5.91 Å². The van der Waals surface area contributed by atoms with E-state index < -0.39 is 12.5 Å². The maximum atomic E-state index is 12.4. The maximum absolute atomic E-state index is 12.4. The summed E-state index contributed by atoms with van der Waals surface area (Å²) in [5, 5.41) is 2.73. The number of fused-ring (bicyclic) bond motifs is 1. The Kier molecular flexibility index (Phi) is 5.23. The lowest BCUT2D eigenvalue weighted by molar-refractivity contribution is -0.0501. The van der Waals surface area contributed by atoms with Gasteiger partial charge in [-0.1, -0.05) is 24.3 Å². The number of para-hydroxylation sites is 3. The first-order chi connectivity index (χ1) is 12.1. The van der Waals surface area contributed by atoms with E-state index in [2.05, 4.69) is 15.0 Å². The van der Waals surface area contributed by atoms with E-state index in [9.17, 15) is 13.6 Å². The Labute approximate surface area is 143 Å². The molecule has 3 aromatic rings. The van der Waals surface area contributed by atoms with E-state index in [-0.39, 0.29) is 11.3 Å². The predicted molar refractivity (Wildman–Crippen MR) is 89.8 cm³/mol. The fraction of sp³-hybridized carbons (Fsp3) is 0.222. The average molecular weight is 345 g/mol. The summed E-state index contributed by atoms with van der Waals surface area (Å²) in [6.45, 7) is -1.87. The molecule has 0 radical (unpaired) electrons. The van der Waals surface area contributed by atoms with Gasteiger partial charge in [0.1, 0.15) is 5.75 Å². The van der Waals surface area contributed by atoms with Gasteiger partial charge in [-0.2, -0.15) is 8.78 Å². The molecule has 1 heterocycles. The van der Waals surface area contributed by atoms with Gasteiger partial charge >= 0.3 is 6.61 Å². The number of nitrogens with zero attached hydrogens (tertiary/aromatic N) is 2. The number of alkyl halides is 2. The summed E-state index contributed by atoms with van der Waals surface area (Å²) in [5.41, 5.74) is 2.05. The molecule has 0 saturated carbocycles. The molecular formula is C18H17F2N3O2. The molecule has 0 spiro atoms. The Morgan fingerprint density at radius 3 is 2.76 bits per heavy atom. The fourth-order valence-electron chi connectivity index (χ4n) is 2.59. The number of nitrogens with one attached hydrogen (secondary N) is 1. The van der Waals surface area contributed by atoms with Crippen LogP contribution in [-0.2, 0) is 6.54 Å². The summed E-state index contributed by atoms with van der Waals surface area (Å²) in [6, 6.07) is 13.7. The molecule has 0 aliphatic carbocycles. The molecule has 130 valence electrons. The van der Waals surface area contributed by atoms with E-state index in [1.54, 1.807) is 18.5 Å². The molecule has 0 unspecified atom stereocenters. The minimum atomic E-state index is -2.97. The van der Waals surface area contributed by atoms with Crippen molar-refractivity contribution in [3.8, 4) is 5.75 Å². The summed E-state index contributed by atoms with van der Waals surface area (Å²) < 4.78 is 31.2. The molecule has 0 aliphatic heterocycles. The third kappa shape index (κ3) is 4.12. The van der Waals surface area contributed by atoms with Gasteiger partial charge in [0.2, 0.25) is 0 Å². The lowest BCUT2D eigenvalue weighted by Gasteiger charge is -2.11. The molecule has 0 fully saturated rings. The molecule has 0 saturated heterocycles. The lowest BCUT2D eigenvalue weighted by Crippen LogP contribution is -2.26. The highest BCUT2D eigenvalue weighted by atomic mass is 19.3. The minimum Gasteiger partial charge on any atom is -0.434 e. The number of amides is 1. The van der Waals surface area contributed by atoms with Crippen molar-refractivity contribution in [2.24, 2.45) is 0 Å². The van der Waals surface area contributed by atoms with Gasteiger partial charge < -0.3 is 14.6 Å². The van der Waals surface area contributed by atoms with Crippen molar-refractivity contribution < 1.29 is 18.3 Å². The van der Waals surface area contributed by atoms with Crippen LogP contribution in [0.15, 0.2) is 54.9 Å². The molecule has 0 atom stereocenters. The topological polar surface area (TPSA) is 56.2 Å². The zero-order chi connectivity index (χ0) is 17.6. The number of imidazole rings is 1. The number of halogens is 2. The van der Waals surface area contributed by atoms with Crippen LogP contribution in [0.3, 0.4) is 0 Å². The van der Waals surface area contributed by atoms with E-state index in [0.29, 0.717) is 19.5 Å². The number of carbonyl (C=O) groups excluding carboxylic acids is 1. The van der Waals surface area contributed by atoms with E-state index in [1.807, 2.05) is 28.8 Å². The van der Waals surface area contributed by atoms with Crippen LogP contribution < -0.4 is 10.1 Å². The van der Waals surface area contributed by atoms with E-state index in [0.717, 1.165) is 11.0 Å². The molecule has 25 heavy (non-hydrogen) atoms. The summed E-state index contributed by atoms with van der Waals surface area (Å²) in [6.07, 6.45) is 2.45. The van der Waals surface area contributed by atoms with Crippen LogP contribution in [0.4, 0.5) is 8.78 Å². The summed E-state index contributed by atoms with van der Waals surface area (Å²) in [5.74, 6) is -0.567. The Morgan fingerprint density at radius 1 is 1.16 bits per heavy atom. The van der Waals surface area contributed by atoms with Crippen molar-refractivity contribution in [1.29, 1.82) is 0 Å². The van der Waals surface area contributed by atoms with Crippen LogP contribution in [0, 0.1) is 0 Å². The van der Waals surface area contributed by atoms with E-state index in [4.69, 9.17) is 0 Å². The minimum absolute atomic E-state index is 0.0934. The number of aryl methyl sites for hydroxylation is 1. The van der Waals surface area contributed by atoms with Crippen LogP contribution >= 0.6 is 0 Å². The van der Waals surface area contributed by atoms with Crippen molar-refractivity contribution >= 4 is 16.9 Å². The van der Waals surface area contributed by atoms with Gasteiger partial charge in [0.15, 0.2) is 0 Å². The number of aromatic nitrogens is 2. The predicted octanol–water partition coefficient (Wildman–Crippen LogP) is 3.46. The fourth-order valence-corrected chi connectivity index (χ4v) is 2.59. The summed E-state index contributed by atoms with van der Waals surface area (Å²) >= 11 is 0. The van der Waals surface area contributed by atoms with Crippen molar-refractivity contribution in [1.82, 2.24) is 14.9 Å². The van der Waals surface area contributed by atoms with Crippen molar-refractivity contribution in [2.45, 2.75) is 19.6 Å². The van der Waals surface area contributed by atoms with Crippen molar-refractivity contribution in [3.63, 3.8) is 0 Å². The molecule has 7 heteroatoms. The molecule has 1 aromatic heterocycles. The van der Waals surface area contributed by atoms with Crippen molar-refractivity contribution in [3.05, 3.63) is 60.4 Å². The largest absolute Gasteiger partial charge is 0.434 e. The first kappa shape index (κ1) is 16.9. The second kappa shape index (κ2) is 7.74. The first-order valence-corrected chi connectivity index (χ1v) is 7.87. The molecule has 1 N–H and O–H groups in total. The SMILES string of the molecule is O=C(NCCCn1cnc2ccccc21)c1ccccc1OC(F)F. The van der Waals surface area contributed by atoms with E-state index >= 15 is 0 Å². The highest BCUT2D eigenvalue weighted by Crippen LogP contribution is 2.20. The summed E-state index contributed by atoms with van der Waals surface area (Å²) in [4.78, 5) is 16.5. The van der Waals surface area contributed by atoms with Gasteiger partial charge in [0.05, 0.1) is 22.9 Å². The zero-order valence-electron chi connectivity index (χ0n) is 13.4. The highest BCUT2D eigenvalue weighted by Gasteiger charge is 2.14. The third-order valence-corrected chi connectivity index (χ3v) is 3.74. The standard InChI is InChI=1S/C18H17F2N3O2/c19-18(20)25-16-9-4-1-6-13(16)17(24)21-10-5-11-23-12-22-14-7-2-3-8-15(14)23/h1-4,6-9,12,18H,5,10-11H2,(H,21,24). The highest BCUT2D eigenvalue weighted by molar-refractivity contribution is 5.96. The van der Waals surface area contributed by atoms with Crippen LogP contribution in [-0.4, -0.2) is 28.6 Å². The maximum Gasteiger partial charge on any atom is 0.387 e. The second-order valence-corrected chi connectivity index (χ2v) is 5.41. The average Bonchev–Trinajstić information content (AvgIpc) is 3.02. The molecule has 5 nitrogen and oxygen atoms in total. The third-order valence-electron chi connectivity index (χ3n) is 3.74. The Morgan fingerprint density at radius 2 is 1.92 bits per heavy atom. The number of benzene rings is 2. The van der Waals surface area contributed by atoms with Gasteiger partial charge in [-0.3, -0.25) is 4.79 Å². The van der Waals surface area contributed by atoms with Crippen LogP contribution in [0.2, 0.25) is 0 Å². The monoisotopic (exact) mass is 345 g/mol. The smallest absolute Gasteiger partial charge is 0.387 e. The lowest BCUT2D eigenvalue weighted by atomic mass is 10.2. The molecule has 3 rings (SSSR count). The molecule has 2 aromatic carbocycles. The molecule has 1 amide bonds. The second-order valence-electron chi connectivity index (χ2n) is 5.41. The quantitative estimate of drug-likeness (QED) is 0.667. The van der Waals surface area contributed by atoms with Gasteiger partial charge in [-0.15, -0.1) is 0 Å². The number of ether oxygens (including phenoxy) is 1. The first-order valence-electron chi connectivity index (χ1n) is 7.87. The number of carbonyl (C=O) groups is 1. The van der Waals surface area contributed by atoms with Crippen molar-refractivity contribution in [2.75, 3.05) is 6.54 Å². The van der Waals surface area contributed by atoms with Crippen LogP contribution in [0.5, 0.6) is 5.75 Å². The van der Waals surface area contributed by atoms with Gasteiger partial charge in [-0.25, -0.2) is 4.98 Å². The number of rotatable bonds is 7. The molecule has 0 bridgehead atoms. The molecule has 0 aliphatic rings. The zero-order valence-corrected chi connectivity index (χ0v) is 13.4. The molecular weight excluding hydrogens is 328 g/mol. The number of hydrogen-bond acceptors (Lipinski definition) is 3. The number of hydrogen-bond donors (Lipinski definition) is 1. The summed E-state index contributed by atoms with van der Waals surface area (Å²) in [7, 11) is 0. The Bertz CT molecular complexity index is 864. The van der Waals surface area contributed by atoms with Gasteiger partial charge in [0, 0.05) is 13.1 Å². The van der Waals surface area contributed by atoms with E-state index in [1.165, 1.54) is 12.1 Å². The Balaban J connectivity index is 1.55. The van der Waals surface area contributed by atoms with Crippen LogP contribution in [0.25, 0.3) is 11.0 Å². The normalized spacial score (nSPS) is 11.0. The Hall–Kier alpha value is -2.96.